The number of benzene rings is 2. The Labute approximate surface area is 222 Å². The number of nitrogens with zero attached hydrogens (tertiary/aromatic N) is 3. The van der Waals surface area contributed by atoms with Gasteiger partial charge in [0.15, 0.2) is 6.17 Å². The minimum atomic E-state index is -1.37. The summed E-state index contributed by atoms with van der Waals surface area (Å²) in [7, 11) is 0. The molecule has 0 aliphatic carbocycles. The third-order valence-electron chi connectivity index (χ3n) is 6.14. The Morgan fingerprint density at radius 3 is 2.26 bits per heavy atom. The zero-order valence-electron chi connectivity index (χ0n) is 20.3. The second kappa shape index (κ2) is 11.4. The number of hydrogen-bond donors (Lipinski definition) is 2. The summed E-state index contributed by atoms with van der Waals surface area (Å²) in [6.45, 7) is 1.95. The fourth-order valence-corrected chi connectivity index (χ4v) is 4.43. The molecule has 9 nitrogen and oxygen atoms in total. The molecule has 38 heavy (non-hydrogen) atoms. The Morgan fingerprint density at radius 2 is 1.68 bits per heavy atom. The monoisotopic (exact) mass is 538 g/mol. The highest BCUT2D eigenvalue weighted by atomic mass is 35.5. The third-order valence-corrected chi connectivity index (χ3v) is 6.36. The predicted octanol–water partition coefficient (Wildman–Crippen LogP) is 3.44. The van der Waals surface area contributed by atoms with E-state index in [4.69, 9.17) is 11.6 Å². The van der Waals surface area contributed by atoms with Crippen molar-refractivity contribution < 1.29 is 28.7 Å². The van der Waals surface area contributed by atoms with E-state index in [9.17, 15) is 28.7 Å². The lowest BCUT2D eigenvalue weighted by atomic mass is 10.0. The van der Waals surface area contributed by atoms with E-state index in [1.165, 1.54) is 40.3 Å². The summed E-state index contributed by atoms with van der Waals surface area (Å²) >= 11 is 5.84. The van der Waals surface area contributed by atoms with Gasteiger partial charge < -0.3 is 20.2 Å². The van der Waals surface area contributed by atoms with Crippen LogP contribution in [0.4, 0.5) is 4.39 Å². The normalized spacial score (nSPS) is 15.7. The molecule has 2 heterocycles. The highest BCUT2D eigenvalue weighted by molar-refractivity contribution is 6.29. The maximum atomic E-state index is 13.7. The van der Waals surface area contributed by atoms with Crippen molar-refractivity contribution in [3.8, 4) is 0 Å². The molecule has 0 spiro atoms. The molecule has 0 bridgehead atoms. The fraction of sp³-hybridized carbons (Fsp3) is 0.222. The van der Waals surface area contributed by atoms with Crippen LogP contribution in [-0.4, -0.2) is 62.8 Å². The molecule has 3 aromatic rings. The van der Waals surface area contributed by atoms with Crippen LogP contribution in [0.25, 0.3) is 0 Å². The SMILES string of the molecule is Cc1cccc(C(=O)N2CCN(C(=O)c3ccc(Cl)nc3)C2C(=O)NC(CC(=O)O)c2ccc(F)cc2)c1. The lowest BCUT2D eigenvalue weighted by Crippen LogP contribution is -2.54. The number of aromatic nitrogens is 1. The summed E-state index contributed by atoms with van der Waals surface area (Å²) in [5.41, 5.74) is 1.70. The number of aryl methyl sites for hydroxylation is 1. The van der Waals surface area contributed by atoms with Crippen LogP contribution in [0, 0.1) is 12.7 Å². The molecular formula is C27H24ClFN4O5. The molecule has 3 amide bonds. The largest absolute Gasteiger partial charge is 0.481 e. The molecule has 2 N–H and O–H groups in total. The summed E-state index contributed by atoms with van der Waals surface area (Å²) in [6.07, 6.45) is -0.593. The molecule has 2 aromatic carbocycles. The zero-order valence-corrected chi connectivity index (χ0v) is 21.1. The van der Waals surface area contributed by atoms with Gasteiger partial charge in [-0.05, 0) is 48.9 Å². The average Bonchev–Trinajstić information content (AvgIpc) is 3.33. The average molecular weight is 539 g/mol. The second-order valence-electron chi connectivity index (χ2n) is 8.82. The van der Waals surface area contributed by atoms with Gasteiger partial charge in [-0.2, -0.15) is 0 Å². The van der Waals surface area contributed by atoms with Gasteiger partial charge in [-0.1, -0.05) is 41.4 Å². The van der Waals surface area contributed by atoms with Gasteiger partial charge in [0.1, 0.15) is 11.0 Å². The van der Waals surface area contributed by atoms with Crippen LogP contribution in [0.5, 0.6) is 0 Å². The summed E-state index contributed by atoms with van der Waals surface area (Å²) in [5, 5.41) is 12.3. The van der Waals surface area contributed by atoms with Gasteiger partial charge in [-0.15, -0.1) is 0 Å². The van der Waals surface area contributed by atoms with E-state index in [2.05, 4.69) is 10.3 Å². The number of amides is 3. The number of carboxylic acid groups (broad SMARTS) is 1. The van der Waals surface area contributed by atoms with Gasteiger partial charge in [-0.25, -0.2) is 9.37 Å². The first-order valence-electron chi connectivity index (χ1n) is 11.7. The number of halogens is 2. The molecular weight excluding hydrogens is 515 g/mol. The van der Waals surface area contributed by atoms with Crippen molar-refractivity contribution in [3.63, 3.8) is 0 Å². The second-order valence-corrected chi connectivity index (χ2v) is 9.21. The van der Waals surface area contributed by atoms with Crippen molar-refractivity contribution >= 4 is 35.3 Å². The number of carboxylic acids is 1. The van der Waals surface area contributed by atoms with Crippen LogP contribution >= 0.6 is 11.6 Å². The van der Waals surface area contributed by atoms with Crippen molar-refractivity contribution in [2.24, 2.45) is 0 Å². The van der Waals surface area contributed by atoms with Gasteiger partial charge in [0.25, 0.3) is 17.7 Å². The first kappa shape index (κ1) is 26.7. The molecule has 1 saturated heterocycles. The summed E-state index contributed by atoms with van der Waals surface area (Å²) in [4.78, 5) is 58.5. The van der Waals surface area contributed by atoms with Crippen LogP contribution in [-0.2, 0) is 9.59 Å². The van der Waals surface area contributed by atoms with Crippen molar-refractivity contribution in [1.29, 1.82) is 0 Å². The molecule has 1 fully saturated rings. The molecule has 1 aliphatic rings. The highest BCUT2D eigenvalue weighted by Gasteiger charge is 2.44. The molecule has 2 atom stereocenters. The molecule has 0 radical (unpaired) electrons. The van der Waals surface area contributed by atoms with Gasteiger partial charge in [-0.3, -0.25) is 19.2 Å². The van der Waals surface area contributed by atoms with Gasteiger partial charge >= 0.3 is 5.97 Å². The van der Waals surface area contributed by atoms with E-state index in [1.54, 1.807) is 18.2 Å². The fourth-order valence-electron chi connectivity index (χ4n) is 4.32. The Balaban J connectivity index is 1.68. The highest BCUT2D eigenvalue weighted by Crippen LogP contribution is 2.24. The lowest BCUT2D eigenvalue weighted by Gasteiger charge is -2.31. The maximum Gasteiger partial charge on any atom is 0.305 e. The summed E-state index contributed by atoms with van der Waals surface area (Å²) in [5.74, 6) is -3.48. The molecule has 2 unspecified atom stereocenters. The van der Waals surface area contributed by atoms with E-state index < -0.39 is 48.1 Å². The Hall–Kier alpha value is -4.31. The number of aliphatic carboxylic acids is 1. The van der Waals surface area contributed by atoms with Crippen molar-refractivity contribution in [2.75, 3.05) is 13.1 Å². The van der Waals surface area contributed by atoms with Crippen LogP contribution in [0.15, 0.2) is 66.9 Å². The van der Waals surface area contributed by atoms with E-state index in [0.29, 0.717) is 11.1 Å². The first-order valence-corrected chi connectivity index (χ1v) is 12.1. The summed E-state index contributed by atoms with van der Waals surface area (Å²) in [6, 6.07) is 13.8. The number of nitrogens with one attached hydrogen (secondary N) is 1. The Bertz CT molecular complexity index is 1370. The number of carbonyl (C=O) groups excluding carboxylic acids is 3. The van der Waals surface area contributed by atoms with Crippen LogP contribution in [0.1, 0.15) is 44.3 Å². The van der Waals surface area contributed by atoms with Crippen LogP contribution < -0.4 is 5.32 Å². The standard InChI is InChI=1S/C27H24ClFN4O5/c1-16-3-2-4-18(13-16)26(37)32-11-12-33(27(38)19-7-10-22(28)30-15-19)25(32)24(36)31-21(14-23(34)35)17-5-8-20(29)9-6-17/h2-10,13,15,21,25H,11-12,14H2,1H3,(H,31,36)(H,34,35). The number of rotatable bonds is 7. The Kier molecular flexibility index (Phi) is 8.02. The molecule has 1 aromatic heterocycles. The zero-order chi connectivity index (χ0) is 27.4. The van der Waals surface area contributed by atoms with E-state index in [-0.39, 0.29) is 23.8 Å². The van der Waals surface area contributed by atoms with Gasteiger partial charge in [0, 0.05) is 24.8 Å². The molecule has 4 rings (SSSR count). The molecule has 1 aliphatic heterocycles. The molecule has 11 heteroatoms. The predicted molar refractivity (Wildman–Crippen MR) is 136 cm³/mol. The molecule has 0 saturated carbocycles. The minimum Gasteiger partial charge on any atom is -0.481 e. The Morgan fingerprint density at radius 1 is 1.03 bits per heavy atom. The maximum absolute atomic E-state index is 13.7. The number of pyridine rings is 1. The van der Waals surface area contributed by atoms with Crippen molar-refractivity contribution in [1.82, 2.24) is 20.1 Å². The smallest absolute Gasteiger partial charge is 0.305 e. The number of carbonyl (C=O) groups is 4. The lowest BCUT2D eigenvalue weighted by molar-refractivity contribution is -0.138. The summed E-state index contributed by atoms with van der Waals surface area (Å²) < 4.78 is 13.5. The van der Waals surface area contributed by atoms with E-state index >= 15 is 0 Å². The van der Waals surface area contributed by atoms with Crippen molar-refractivity contribution in [2.45, 2.75) is 25.6 Å². The van der Waals surface area contributed by atoms with Crippen LogP contribution in [0.2, 0.25) is 5.15 Å². The van der Waals surface area contributed by atoms with E-state index in [0.717, 1.165) is 17.7 Å². The topological polar surface area (TPSA) is 120 Å². The minimum absolute atomic E-state index is 0.0528. The van der Waals surface area contributed by atoms with Crippen molar-refractivity contribution in [3.05, 3.63) is 100 Å². The van der Waals surface area contributed by atoms with Gasteiger partial charge in [0.2, 0.25) is 0 Å². The third kappa shape index (κ3) is 5.97. The quantitative estimate of drug-likeness (QED) is 0.445. The van der Waals surface area contributed by atoms with Gasteiger partial charge in [0.05, 0.1) is 18.0 Å². The molecule has 196 valence electrons. The number of hydrogen-bond acceptors (Lipinski definition) is 5. The first-order chi connectivity index (χ1) is 18.1. The van der Waals surface area contributed by atoms with E-state index in [1.807, 2.05) is 13.0 Å². The van der Waals surface area contributed by atoms with Crippen LogP contribution in [0.3, 0.4) is 0 Å².